The summed E-state index contributed by atoms with van der Waals surface area (Å²) in [6, 6.07) is 6.93. The third-order valence-electron chi connectivity index (χ3n) is 6.07. The van der Waals surface area contributed by atoms with Gasteiger partial charge in [0.2, 0.25) is 0 Å². The van der Waals surface area contributed by atoms with Gasteiger partial charge < -0.3 is 10.5 Å². The van der Waals surface area contributed by atoms with Gasteiger partial charge in [0.05, 0.1) is 23.6 Å². The summed E-state index contributed by atoms with van der Waals surface area (Å²) < 4.78 is 22.5. The predicted octanol–water partition coefficient (Wildman–Crippen LogP) is 3.84. The molecule has 32 heavy (non-hydrogen) atoms. The Labute approximate surface area is 183 Å². The first kappa shape index (κ1) is 19.0. The van der Waals surface area contributed by atoms with Crippen molar-refractivity contribution in [1.29, 1.82) is 0 Å². The number of nitrogens with zero attached hydrogens (tertiary/aromatic N) is 6. The smallest absolute Gasteiger partial charge is 0.166 e. The average molecular weight is 431 g/mol. The highest BCUT2D eigenvalue weighted by Gasteiger charge is 2.30. The van der Waals surface area contributed by atoms with E-state index in [1.54, 1.807) is 24.1 Å². The van der Waals surface area contributed by atoms with Crippen LogP contribution in [0.4, 0.5) is 10.2 Å². The molecule has 4 aromatic rings. The number of fused-ring (bicyclic) bond motifs is 7. The van der Waals surface area contributed by atoms with Crippen LogP contribution in [0.15, 0.2) is 36.7 Å². The number of hydrogen-bond acceptors (Lipinski definition) is 6. The fraction of sp³-hybridized carbons (Fsp3) is 0.304. The molecule has 1 aromatic carbocycles. The lowest BCUT2D eigenvalue weighted by molar-refractivity contribution is 0.227. The molecule has 9 heteroatoms. The van der Waals surface area contributed by atoms with E-state index >= 15 is 0 Å². The number of nitrogen functional groups attached to an aromatic ring is 1. The maximum atomic E-state index is 14.2. The summed E-state index contributed by atoms with van der Waals surface area (Å²) in [4.78, 5) is 5.94. The fourth-order valence-electron chi connectivity index (χ4n) is 4.42. The van der Waals surface area contributed by atoms with E-state index in [-0.39, 0.29) is 11.6 Å². The molecule has 0 saturated heterocycles. The summed E-state index contributed by atoms with van der Waals surface area (Å²) in [5, 5.41) is 13.9. The van der Waals surface area contributed by atoms with Gasteiger partial charge in [-0.2, -0.15) is 20.1 Å². The van der Waals surface area contributed by atoms with Gasteiger partial charge >= 0.3 is 0 Å². The highest BCUT2D eigenvalue weighted by molar-refractivity contribution is 5.71. The largest absolute Gasteiger partial charge is 0.482 e. The maximum absolute atomic E-state index is 14.2. The third kappa shape index (κ3) is 3.04. The molecule has 1 saturated carbocycles. The second-order valence-electron chi connectivity index (χ2n) is 8.45. The quantitative estimate of drug-likeness (QED) is 0.492. The van der Waals surface area contributed by atoms with E-state index in [1.165, 1.54) is 12.1 Å². The van der Waals surface area contributed by atoms with Crippen molar-refractivity contribution in [3.8, 4) is 28.3 Å². The predicted molar refractivity (Wildman–Crippen MR) is 116 cm³/mol. The summed E-state index contributed by atoms with van der Waals surface area (Å²) in [5.74, 6) is 0.402. The average Bonchev–Trinajstić information content (AvgIpc) is 3.43. The summed E-state index contributed by atoms with van der Waals surface area (Å²) in [6.45, 7) is 1.87. The zero-order valence-electron chi connectivity index (χ0n) is 17.8. The van der Waals surface area contributed by atoms with Gasteiger partial charge in [-0.15, -0.1) is 0 Å². The summed E-state index contributed by atoms with van der Waals surface area (Å²) >= 11 is 0. The Morgan fingerprint density at radius 1 is 1.16 bits per heavy atom. The van der Waals surface area contributed by atoms with Crippen LogP contribution in [-0.4, -0.2) is 29.8 Å². The van der Waals surface area contributed by atoms with Crippen molar-refractivity contribution in [2.24, 2.45) is 7.05 Å². The molecule has 2 bridgehead atoms. The summed E-state index contributed by atoms with van der Waals surface area (Å²) in [5.41, 5.74) is 12.0. The van der Waals surface area contributed by atoms with Crippen molar-refractivity contribution < 1.29 is 9.13 Å². The van der Waals surface area contributed by atoms with Crippen LogP contribution >= 0.6 is 0 Å². The first-order valence-electron chi connectivity index (χ1n) is 10.7. The van der Waals surface area contributed by atoms with Gasteiger partial charge in [0.25, 0.3) is 0 Å². The minimum Gasteiger partial charge on any atom is -0.482 e. The van der Waals surface area contributed by atoms with Crippen molar-refractivity contribution in [1.82, 2.24) is 29.8 Å². The van der Waals surface area contributed by atoms with E-state index in [2.05, 4.69) is 25.0 Å². The topological polar surface area (TPSA) is 96.7 Å². The van der Waals surface area contributed by atoms with Crippen LogP contribution in [0.2, 0.25) is 0 Å². The Bertz CT molecular complexity index is 1350. The first-order valence-corrected chi connectivity index (χ1v) is 10.7. The molecule has 3 aromatic heterocycles. The lowest BCUT2D eigenvalue weighted by Crippen LogP contribution is -2.10. The lowest BCUT2D eigenvalue weighted by Gasteiger charge is -2.20. The van der Waals surface area contributed by atoms with Gasteiger partial charge in [-0.1, -0.05) is 0 Å². The molecule has 6 rings (SSSR count). The molecule has 4 heterocycles. The number of hydrogen-bond donors (Lipinski definition) is 1. The van der Waals surface area contributed by atoms with E-state index in [0.717, 1.165) is 40.9 Å². The number of benzene rings is 1. The van der Waals surface area contributed by atoms with E-state index in [1.807, 2.05) is 19.2 Å². The van der Waals surface area contributed by atoms with Crippen LogP contribution in [0, 0.1) is 5.82 Å². The fourth-order valence-corrected chi connectivity index (χ4v) is 4.42. The van der Waals surface area contributed by atoms with Crippen molar-refractivity contribution in [3.05, 3.63) is 59.3 Å². The minimum atomic E-state index is -0.484. The van der Waals surface area contributed by atoms with Crippen LogP contribution in [0.3, 0.4) is 0 Å². The number of aromatic nitrogens is 6. The maximum Gasteiger partial charge on any atom is 0.166 e. The Hall–Kier alpha value is -3.75. The number of ether oxygens (including phenoxy) is 1. The molecular weight excluding hydrogens is 409 g/mol. The van der Waals surface area contributed by atoms with E-state index < -0.39 is 6.10 Å². The number of anilines is 1. The lowest BCUT2D eigenvalue weighted by atomic mass is 9.96. The number of rotatable bonds is 1. The van der Waals surface area contributed by atoms with Gasteiger partial charge in [-0.25, -0.2) is 9.37 Å². The number of aryl methyl sites for hydroxylation is 1. The van der Waals surface area contributed by atoms with Crippen LogP contribution in [0.1, 0.15) is 48.7 Å². The van der Waals surface area contributed by atoms with Gasteiger partial charge in [0.1, 0.15) is 17.6 Å². The highest BCUT2D eigenvalue weighted by atomic mass is 19.1. The van der Waals surface area contributed by atoms with Crippen molar-refractivity contribution in [2.75, 3.05) is 5.73 Å². The molecule has 1 fully saturated rings. The van der Waals surface area contributed by atoms with Crippen LogP contribution in [0.5, 0.6) is 5.75 Å². The van der Waals surface area contributed by atoms with E-state index in [9.17, 15) is 4.39 Å². The molecule has 162 valence electrons. The monoisotopic (exact) mass is 431 g/mol. The Morgan fingerprint density at radius 3 is 2.81 bits per heavy atom. The van der Waals surface area contributed by atoms with Gasteiger partial charge in [-0.3, -0.25) is 4.68 Å². The molecule has 1 aliphatic carbocycles. The first-order chi connectivity index (χ1) is 15.5. The molecule has 1 atom stereocenters. The molecule has 8 nitrogen and oxygen atoms in total. The summed E-state index contributed by atoms with van der Waals surface area (Å²) in [6.07, 6.45) is 5.91. The van der Waals surface area contributed by atoms with Gasteiger partial charge in [-0.05, 0) is 44.0 Å². The van der Waals surface area contributed by atoms with Crippen LogP contribution in [-0.2, 0) is 13.5 Å². The molecule has 0 radical (unpaired) electrons. The van der Waals surface area contributed by atoms with Crippen LogP contribution in [0.25, 0.3) is 22.5 Å². The molecule has 0 spiro atoms. The van der Waals surface area contributed by atoms with Crippen molar-refractivity contribution >= 4 is 5.82 Å². The van der Waals surface area contributed by atoms with E-state index in [0.29, 0.717) is 29.5 Å². The molecule has 1 unspecified atom stereocenters. The number of pyridine rings is 1. The molecule has 2 aliphatic rings. The standard InChI is InChI=1S/C23H22FN7O/c1-12-18-9-15(24)3-6-17(18)21-19(28-30(2)29-21)7-13-11-27-31(16-4-5-16)22(13)14-8-20(32-12)23(25)26-10-14/h3,6,8-12,16H,4-5,7H2,1-2H3,(H2,25,26). The molecule has 1 aliphatic heterocycles. The van der Waals surface area contributed by atoms with E-state index in [4.69, 9.17) is 10.5 Å². The number of halogens is 1. The molecule has 0 amide bonds. The summed E-state index contributed by atoms with van der Waals surface area (Å²) in [7, 11) is 1.79. The minimum absolute atomic E-state index is 0.287. The van der Waals surface area contributed by atoms with Gasteiger partial charge in [0.15, 0.2) is 11.6 Å². The zero-order chi connectivity index (χ0) is 22.0. The van der Waals surface area contributed by atoms with Crippen molar-refractivity contribution in [2.45, 2.75) is 38.3 Å². The molecule has 2 N–H and O–H groups in total. The normalized spacial score (nSPS) is 17.4. The zero-order valence-corrected chi connectivity index (χ0v) is 17.8. The second kappa shape index (κ2) is 6.88. The second-order valence-corrected chi connectivity index (χ2v) is 8.45. The molecular formula is C23H22FN7O. The van der Waals surface area contributed by atoms with Crippen LogP contribution < -0.4 is 10.5 Å². The van der Waals surface area contributed by atoms with Gasteiger partial charge in [0, 0.05) is 41.9 Å². The Balaban J connectivity index is 1.63. The third-order valence-corrected chi connectivity index (χ3v) is 6.07. The van der Waals surface area contributed by atoms with Crippen molar-refractivity contribution in [3.63, 3.8) is 0 Å². The Morgan fingerprint density at radius 2 is 2.00 bits per heavy atom. The number of nitrogens with two attached hydrogens (primary N) is 1. The SMILES string of the molecule is CC1Oc2cc(cnc2N)-c2c(cnn2C2CC2)Cc2nn(C)nc2-c2ccc(F)cc21. The highest BCUT2D eigenvalue weighted by Crippen LogP contribution is 2.42. The Kier molecular flexibility index (Phi) is 4.08.